The van der Waals surface area contributed by atoms with Crippen LogP contribution in [0.3, 0.4) is 0 Å². The molecule has 1 saturated carbocycles. The number of ketones is 1. The van der Waals surface area contributed by atoms with E-state index in [9.17, 15) is 14.4 Å². The number of alkyl carbamates (subject to hydrolysis) is 1. The molecule has 206 valence electrons. The van der Waals surface area contributed by atoms with E-state index in [1.54, 1.807) is 13.1 Å². The lowest BCUT2D eigenvalue weighted by atomic mass is 9.72. The normalized spacial score (nSPS) is 20.4. The zero-order chi connectivity index (χ0) is 28.1. The van der Waals surface area contributed by atoms with Gasteiger partial charge in [0, 0.05) is 23.4 Å². The molecule has 1 heterocycles. The van der Waals surface area contributed by atoms with E-state index in [1.165, 1.54) is 0 Å². The van der Waals surface area contributed by atoms with Crippen molar-refractivity contribution in [2.75, 3.05) is 11.4 Å². The molecule has 1 fully saturated rings. The van der Waals surface area contributed by atoms with Crippen molar-refractivity contribution in [2.24, 2.45) is 4.99 Å². The van der Waals surface area contributed by atoms with E-state index in [1.807, 2.05) is 84.6 Å². The van der Waals surface area contributed by atoms with Crippen LogP contribution in [0, 0.1) is 6.92 Å². The monoisotopic (exact) mass is 537 g/mol. The number of anilines is 1. The minimum absolute atomic E-state index is 0.0113. The molecule has 40 heavy (non-hydrogen) atoms. The van der Waals surface area contributed by atoms with Crippen molar-refractivity contribution in [2.45, 2.75) is 64.1 Å². The predicted octanol–water partition coefficient (Wildman–Crippen LogP) is 5.81. The van der Waals surface area contributed by atoms with Gasteiger partial charge in [0.15, 0.2) is 5.78 Å². The Morgan fingerprint density at radius 3 is 2.62 bits per heavy atom. The summed E-state index contributed by atoms with van der Waals surface area (Å²) in [5, 5.41) is 3.08. The predicted molar refractivity (Wildman–Crippen MR) is 156 cm³/mol. The van der Waals surface area contributed by atoms with Crippen molar-refractivity contribution >= 4 is 29.7 Å². The summed E-state index contributed by atoms with van der Waals surface area (Å²) in [5.74, 6) is -0.0975. The van der Waals surface area contributed by atoms with Gasteiger partial charge in [0.2, 0.25) is 5.91 Å². The van der Waals surface area contributed by atoms with Gasteiger partial charge in [0.1, 0.15) is 13.2 Å². The number of carbonyl (C=O) groups excluding carboxylic acids is 3. The highest BCUT2D eigenvalue weighted by atomic mass is 16.5. The van der Waals surface area contributed by atoms with E-state index in [2.05, 4.69) is 10.3 Å². The number of amides is 2. The maximum absolute atomic E-state index is 13.9. The van der Waals surface area contributed by atoms with Crippen molar-refractivity contribution < 1.29 is 19.1 Å². The van der Waals surface area contributed by atoms with E-state index in [0.29, 0.717) is 18.4 Å². The second kappa shape index (κ2) is 11.9. The van der Waals surface area contributed by atoms with Gasteiger partial charge in [-0.3, -0.25) is 14.6 Å². The maximum Gasteiger partial charge on any atom is 0.407 e. The highest BCUT2D eigenvalue weighted by molar-refractivity contribution is 6.05. The Labute approximate surface area is 235 Å². The summed E-state index contributed by atoms with van der Waals surface area (Å²) < 4.78 is 5.53. The summed E-state index contributed by atoms with van der Waals surface area (Å²) in [6.07, 6.45) is 4.62. The number of aliphatic imine (C=N–C) groups is 1. The number of ether oxygens (including phenoxy) is 1. The third kappa shape index (κ3) is 5.83. The van der Waals surface area contributed by atoms with Crippen LogP contribution in [0.1, 0.15) is 65.2 Å². The van der Waals surface area contributed by atoms with Gasteiger partial charge in [-0.25, -0.2) is 4.79 Å². The molecule has 3 aromatic carbocycles. The molecule has 2 amide bonds. The quantitative estimate of drug-likeness (QED) is 0.385. The molecule has 7 heteroatoms. The molecule has 1 aliphatic carbocycles. The zero-order valence-electron chi connectivity index (χ0n) is 23.1. The minimum atomic E-state index is -0.674. The number of nitrogens with zero attached hydrogens (tertiary/aromatic N) is 2. The summed E-state index contributed by atoms with van der Waals surface area (Å²) in [6, 6.07) is 22.9. The Hall–Kier alpha value is -4.26. The maximum atomic E-state index is 13.9. The molecule has 2 aliphatic rings. The molecular formula is C33H35N3O4. The average Bonchev–Trinajstić information content (AvgIpc) is 3.12. The molecular weight excluding hydrogens is 502 g/mol. The van der Waals surface area contributed by atoms with Gasteiger partial charge in [-0.1, -0.05) is 72.8 Å². The second-order valence-electron chi connectivity index (χ2n) is 10.8. The lowest BCUT2D eigenvalue weighted by Gasteiger charge is -2.49. The number of hydrogen-bond donors (Lipinski definition) is 1. The van der Waals surface area contributed by atoms with Gasteiger partial charge in [0.25, 0.3) is 0 Å². The van der Waals surface area contributed by atoms with Crippen LogP contribution in [-0.2, 0) is 22.6 Å². The smallest absolute Gasteiger partial charge is 0.407 e. The number of hydrogen-bond acceptors (Lipinski definition) is 5. The molecule has 0 saturated heterocycles. The SMILES string of the molecule is CC(=O)c1ccccc1CC1(N2C(=O)CN=Cc3cccc(C)c32)CCCC(NC(=O)OCc2ccccc2)C1. The van der Waals surface area contributed by atoms with Crippen LogP contribution in [0.2, 0.25) is 0 Å². The first-order valence-corrected chi connectivity index (χ1v) is 13.8. The fraction of sp³-hybridized carbons (Fsp3) is 0.333. The number of rotatable bonds is 7. The van der Waals surface area contributed by atoms with Crippen molar-refractivity contribution in [1.82, 2.24) is 5.32 Å². The number of Topliss-reactive ketones (excluding diaryl/α,β-unsaturated/α-hetero) is 1. The van der Waals surface area contributed by atoms with Gasteiger partial charge in [-0.15, -0.1) is 0 Å². The van der Waals surface area contributed by atoms with Crippen LogP contribution in [0.25, 0.3) is 0 Å². The van der Waals surface area contributed by atoms with E-state index in [0.717, 1.165) is 47.2 Å². The van der Waals surface area contributed by atoms with Crippen LogP contribution >= 0.6 is 0 Å². The Morgan fingerprint density at radius 1 is 1.05 bits per heavy atom. The highest BCUT2D eigenvalue weighted by Gasteiger charge is 2.46. The molecule has 0 bridgehead atoms. The molecule has 5 rings (SSSR count). The van der Waals surface area contributed by atoms with E-state index in [4.69, 9.17) is 4.74 Å². The van der Waals surface area contributed by atoms with Crippen molar-refractivity contribution in [3.63, 3.8) is 0 Å². The molecule has 3 aromatic rings. The Bertz CT molecular complexity index is 1430. The number of fused-ring (bicyclic) bond motifs is 1. The number of benzene rings is 3. The van der Waals surface area contributed by atoms with Crippen LogP contribution in [-0.4, -0.2) is 42.1 Å². The lowest BCUT2D eigenvalue weighted by molar-refractivity contribution is -0.118. The van der Waals surface area contributed by atoms with E-state index >= 15 is 0 Å². The van der Waals surface area contributed by atoms with Gasteiger partial charge in [-0.2, -0.15) is 0 Å². The first kappa shape index (κ1) is 27.3. The van der Waals surface area contributed by atoms with Crippen LogP contribution in [0.15, 0.2) is 77.8 Å². The lowest BCUT2D eigenvalue weighted by Crippen LogP contribution is -2.60. The van der Waals surface area contributed by atoms with Crippen molar-refractivity contribution in [1.29, 1.82) is 0 Å². The van der Waals surface area contributed by atoms with Gasteiger partial charge < -0.3 is 15.0 Å². The summed E-state index contributed by atoms with van der Waals surface area (Å²) >= 11 is 0. The van der Waals surface area contributed by atoms with Crippen molar-refractivity contribution in [3.05, 3.63) is 101 Å². The van der Waals surface area contributed by atoms with Gasteiger partial charge in [-0.05, 0) is 62.6 Å². The van der Waals surface area contributed by atoms with Crippen LogP contribution in [0.4, 0.5) is 10.5 Å². The molecule has 1 N–H and O–H groups in total. The molecule has 0 spiro atoms. The first-order valence-electron chi connectivity index (χ1n) is 13.8. The molecule has 0 aromatic heterocycles. The molecule has 2 atom stereocenters. The third-order valence-electron chi connectivity index (χ3n) is 7.95. The third-order valence-corrected chi connectivity index (χ3v) is 7.95. The first-order chi connectivity index (χ1) is 19.4. The largest absolute Gasteiger partial charge is 0.445 e. The van der Waals surface area contributed by atoms with Gasteiger partial charge in [0.05, 0.1) is 11.2 Å². The zero-order valence-corrected chi connectivity index (χ0v) is 23.1. The van der Waals surface area contributed by atoms with Gasteiger partial charge >= 0.3 is 6.09 Å². The highest BCUT2D eigenvalue weighted by Crippen LogP contribution is 2.43. The number of para-hydroxylation sites is 1. The fourth-order valence-electron chi connectivity index (χ4n) is 6.22. The number of benzodiazepines with no additional fused rings is 1. The fourth-order valence-corrected chi connectivity index (χ4v) is 6.22. The Balaban J connectivity index is 1.50. The second-order valence-corrected chi connectivity index (χ2v) is 10.8. The standard InChI is InChI=1S/C33H35N3O4/c1-23-10-8-14-27-20-34-21-30(38)36(31(23)27)33(18-26-13-6-7-16-29(26)24(2)37)17-9-15-28(19-33)35-32(39)40-22-25-11-4-3-5-12-25/h3-8,10-14,16,20,28H,9,15,17-19,21-22H2,1-2H3,(H,35,39). The van der Waals surface area contributed by atoms with Crippen LogP contribution in [0.5, 0.6) is 0 Å². The summed E-state index contributed by atoms with van der Waals surface area (Å²) in [5.41, 5.74) is 4.52. The van der Waals surface area contributed by atoms with E-state index < -0.39 is 11.6 Å². The average molecular weight is 538 g/mol. The molecule has 2 unspecified atom stereocenters. The Kier molecular flexibility index (Phi) is 8.10. The Morgan fingerprint density at radius 2 is 1.82 bits per heavy atom. The summed E-state index contributed by atoms with van der Waals surface area (Å²) in [7, 11) is 0. The molecule has 7 nitrogen and oxygen atoms in total. The topological polar surface area (TPSA) is 88.1 Å². The number of nitrogens with one attached hydrogen (secondary N) is 1. The number of carbonyl (C=O) groups is 3. The van der Waals surface area contributed by atoms with Crippen molar-refractivity contribution in [3.8, 4) is 0 Å². The summed E-state index contributed by atoms with van der Waals surface area (Å²) in [6.45, 7) is 3.81. The summed E-state index contributed by atoms with van der Waals surface area (Å²) in [4.78, 5) is 45.7. The number of aryl methyl sites for hydroxylation is 1. The van der Waals surface area contributed by atoms with E-state index in [-0.39, 0.29) is 30.9 Å². The minimum Gasteiger partial charge on any atom is -0.445 e. The van der Waals surface area contributed by atoms with Crippen LogP contribution < -0.4 is 10.2 Å². The molecule has 0 radical (unpaired) electrons. The molecule has 1 aliphatic heterocycles.